The summed E-state index contributed by atoms with van der Waals surface area (Å²) in [6.07, 6.45) is 1.60. The number of aliphatic carboxylic acids is 1. The van der Waals surface area contributed by atoms with Crippen LogP contribution in [-0.2, 0) is 11.3 Å². The van der Waals surface area contributed by atoms with Crippen molar-refractivity contribution in [1.29, 1.82) is 0 Å². The summed E-state index contributed by atoms with van der Waals surface area (Å²) in [5.41, 5.74) is 2.11. The van der Waals surface area contributed by atoms with E-state index >= 15 is 0 Å². The maximum Gasteiger partial charge on any atom is 0.303 e. The maximum absolute atomic E-state index is 13.0. The van der Waals surface area contributed by atoms with Crippen LogP contribution < -0.4 is 19.5 Å². The van der Waals surface area contributed by atoms with Gasteiger partial charge >= 0.3 is 5.97 Å². The number of carbonyl (C=O) groups is 2. The summed E-state index contributed by atoms with van der Waals surface area (Å²) in [5.74, 6) is 1.19. The van der Waals surface area contributed by atoms with Crippen LogP contribution in [0.5, 0.6) is 23.0 Å². The molecule has 0 spiro atoms. The Morgan fingerprint density at radius 2 is 1.66 bits per heavy atom. The lowest BCUT2D eigenvalue weighted by molar-refractivity contribution is -0.137. The first-order chi connectivity index (χ1) is 16.9. The fraction of sp³-hybridized carbons (Fsp3) is 0.286. The van der Waals surface area contributed by atoms with Crippen LogP contribution in [0, 0.1) is 0 Å². The number of hydrogen-bond donors (Lipinski definition) is 2. The average Bonchev–Trinajstić information content (AvgIpc) is 2.87. The first-order valence-corrected chi connectivity index (χ1v) is 11.5. The van der Waals surface area contributed by atoms with Gasteiger partial charge in [-0.25, -0.2) is 0 Å². The summed E-state index contributed by atoms with van der Waals surface area (Å²) < 4.78 is 16.5. The summed E-state index contributed by atoms with van der Waals surface area (Å²) in [6, 6.07) is 20.1. The molecule has 0 heterocycles. The average molecular weight is 478 g/mol. The van der Waals surface area contributed by atoms with Crippen LogP contribution in [0.3, 0.4) is 0 Å². The van der Waals surface area contributed by atoms with Gasteiger partial charge in [0.05, 0.1) is 26.2 Å². The van der Waals surface area contributed by atoms with Gasteiger partial charge in [0.25, 0.3) is 5.91 Å². The molecular formula is C28H31NO6. The molecule has 35 heavy (non-hydrogen) atoms. The molecule has 0 bridgehead atoms. The van der Waals surface area contributed by atoms with Crippen LogP contribution in [0.4, 0.5) is 0 Å². The molecule has 0 fully saturated rings. The number of ether oxygens (including phenoxy) is 3. The molecule has 3 aromatic carbocycles. The minimum absolute atomic E-state index is 0.0193. The van der Waals surface area contributed by atoms with Crippen LogP contribution in [0.2, 0.25) is 0 Å². The molecule has 1 amide bonds. The molecule has 0 aliphatic carbocycles. The van der Waals surface area contributed by atoms with Crippen molar-refractivity contribution in [2.24, 2.45) is 0 Å². The van der Waals surface area contributed by atoms with Crippen molar-refractivity contribution < 1.29 is 28.9 Å². The maximum atomic E-state index is 13.0. The predicted octanol–water partition coefficient (Wildman–Crippen LogP) is 5.78. The Morgan fingerprint density at radius 3 is 2.31 bits per heavy atom. The van der Waals surface area contributed by atoms with Crippen LogP contribution in [0.25, 0.3) is 0 Å². The van der Waals surface area contributed by atoms with Gasteiger partial charge in [-0.3, -0.25) is 9.59 Å². The van der Waals surface area contributed by atoms with E-state index in [1.165, 1.54) is 7.11 Å². The van der Waals surface area contributed by atoms with Gasteiger partial charge in [-0.2, -0.15) is 0 Å². The van der Waals surface area contributed by atoms with Crippen LogP contribution in [-0.4, -0.2) is 31.2 Å². The van der Waals surface area contributed by atoms with Crippen molar-refractivity contribution in [1.82, 2.24) is 5.32 Å². The molecule has 0 saturated carbocycles. The van der Waals surface area contributed by atoms with E-state index in [0.29, 0.717) is 35.1 Å². The molecule has 3 aromatic rings. The lowest BCUT2D eigenvalue weighted by Gasteiger charge is -2.17. The highest BCUT2D eigenvalue weighted by Gasteiger charge is 2.19. The van der Waals surface area contributed by atoms with E-state index < -0.39 is 5.97 Å². The zero-order valence-corrected chi connectivity index (χ0v) is 20.2. The van der Waals surface area contributed by atoms with E-state index in [1.54, 1.807) is 25.3 Å². The van der Waals surface area contributed by atoms with Crippen LogP contribution >= 0.6 is 0 Å². The summed E-state index contributed by atoms with van der Waals surface area (Å²) in [5, 5.41) is 12.2. The first-order valence-electron chi connectivity index (χ1n) is 11.5. The molecule has 3 rings (SSSR count). The number of hydrogen-bond acceptors (Lipinski definition) is 5. The highest BCUT2D eigenvalue weighted by atomic mass is 16.5. The Bertz CT molecular complexity index is 1140. The number of amides is 1. The van der Waals surface area contributed by atoms with E-state index in [1.807, 2.05) is 55.5 Å². The molecule has 184 valence electrons. The van der Waals surface area contributed by atoms with Crippen LogP contribution in [0.1, 0.15) is 53.6 Å². The van der Waals surface area contributed by atoms with Crippen molar-refractivity contribution in [3.05, 3.63) is 83.4 Å². The number of nitrogens with one attached hydrogen (secondary N) is 1. The zero-order valence-electron chi connectivity index (χ0n) is 20.2. The van der Waals surface area contributed by atoms with Gasteiger partial charge in [-0.05, 0) is 59.9 Å². The Kier molecular flexibility index (Phi) is 9.12. The third kappa shape index (κ3) is 7.24. The molecule has 0 aromatic heterocycles. The number of carbonyl (C=O) groups excluding carboxylic acids is 1. The Morgan fingerprint density at radius 1 is 0.914 bits per heavy atom. The molecule has 1 atom stereocenters. The van der Waals surface area contributed by atoms with Gasteiger partial charge in [0, 0.05) is 12.6 Å². The molecular weight excluding hydrogens is 446 g/mol. The smallest absolute Gasteiger partial charge is 0.303 e. The zero-order chi connectivity index (χ0) is 25.2. The third-order valence-corrected chi connectivity index (χ3v) is 5.65. The molecule has 1 unspecified atom stereocenters. The quantitative estimate of drug-likeness (QED) is 0.343. The van der Waals surface area contributed by atoms with Gasteiger partial charge in [0.1, 0.15) is 23.0 Å². The first kappa shape index (κ1) is 25.6. The molecule has 7 nitrogen and oxygen atoms in total. The summed E-state index contributed by atoms with van der Waals surface area (Å²) in [7, 11) is 3.11. The predicted molar refractivity (Wildman–Crippen MR) is 134 cm³/mol. The molecule has 2 N–H and O–H groups in total. The lowest BCUT2D eigenvalue weighted by atomic mass is 9.90. The second-order valence-electron chi connectivity index (χ2n) is 8.15. The largest absolute Gasteiger partial charge is 0.497 e. The molecule has 7 heteroatoms. The SMILES string of the molecule is CCCC(CC(=O)O)c1ccc(OC)c(C(=O)NCc2ccc(Oc3cccc(OC)c3)cc2)c1. The monoisotopic (exact) mass is 477 g/mol. The minimum atomic E-state index is -0.857. The van der Waals surface area contributed by atoms with E-state index in [4.69, 9.17) is 14.2 Å². The standard InChI is InChI=1S/C28H31NO6/c1-4-6-20(16-27(30)31)21-11-14-26(34-3)25(15-21)28(32)29-18-19-9-12-22(13-10-19)35-24-8-5-7-23(17-24)33-2/h5,7-15,17,20H,4,6,16,18H2,1-3H3,(H,29,32)(H,30,31). The topological polar surface area (TPSA) is 94.1 Å². The number of rotatable bonds is 12. The Balaban J connectivity index is 1.67. The molecule has 0 aliphatic heterocycles. The normalized spacial score (nSPS) is 11.4. The van der Waals surface area contributed by atoms with Crippen molar-refractivity contribution in [2.45, 2.75) is 38.6 Å². The second kappa shape index (κ2) is 12.5. The highest BCUT2D eigenvalue weighted by molar-refractivity contribution is 5.97. The van der Waals surface area contributed by atoms with Gasteiger partial charge in [-0.1, -0.05) is 37.6 Å². The number of methoxy groups -OCH3 is 2. The van der Waals surface area contributed by atoms with Crippen molar-refractivity contribution in [3.63, 3.8) is 0 Å². The van der Waals surface area contributed by atoms with Crippen molar-refractivity contribution in [2.75, 3.05) is 14.2 Å². The van der Waals surface area contributed by atoms with Gasteiger partial charge < -0.3 is 24.6 Å². The van der Waals surface area contributed by atoms with Crippen molar-refractivity contribution >= 4 is 11.9 Å². The minimum Gasteiger partial charge on any atom is -0.497 e. The van der Waals surface area contributed by atoms with E-state index in [-0.39, 0.29) is 18.2 Å². The molecule has 0 radical (unpaired) electrons. The highest BCUT2D eigenvalue weighted by Crippen LogP contribution is 2.30. The number of benzene rings is 3. The van der Waals surface area contributed by atoms with Gasteiger partial charge in [0.15, 0.2) is 0 Å². The summed E-state index contributed by atoms with van der Waals surface area (Å²) >= 11 is 0. The lowest BCUT2D eigenvalue weighted by Crippen LogP contribution is -2.23. The molecule has 0 aliphatic rings. The van der Waals surface area contributed by atoms with E-state index in [9.17, 15) is 14.7 Å². The summed E-state index contributed by atoms with van der Waals surface area (Å²) in [6.45, 7) is 2.33. The number of carboxylic acid groups (broad SMARTS) is 1. The Hall–Kier alpha value is -4.00. The van der Waals surface area contributed by atoms with E-state index in [0.717, 1.165) is 24.0 Å². The third-order valence-electron chi connectivity index (χ3n) is 5.65. The van der Waals surface area contributed by atoms with Gasteiger partial charge in [-0.15, -0.1) is 0 Å². The Labute approximate surface area is 205 Å². The summed E-state index contributed by atoms with van der Waals surface area (Å²) in [4.78, 5) is 24.3. The van der Waals surface area contributed by atoms with E-state index in [2.05, 4.69) is 5.32 Å². The van der Waals surface area contributed by atoms with Gasteiger partial charge in [0.2, 0.25) is 0 Å². The number of carboxylic acids is 1. The second-order valence-corrected chi connectivity index (χ2v) is 8.15. The van der Waals surface area contributed by atoms with Crippen molar-refractivity contribution in [3.8, 4) is 23.0 Å². The van der Waals surface area contributed by atoms with Crippen LogP contribution in [0.15, 0.2) is 66.7 Å². The molecule has 0 saturated heterocycles. The fourth-order valence-corrected chi connectivity index (χ4v) is 3.86. The fourth-order valence-electron chi connectivity index (χ4n) is 3.86.